The van der Waals surface area contributed by atoms with Gasteiger partial charge in [-0.25, -0.2) is 4.79 Å². The number of rotatable bonds is 9. The van der Waals surface area contributed by atoms with Gasteiger partial charge in [-0.15, -0.1) is 0 Å². The second kappa shape index (κ2) is 12.7. The highest BCUT2D eigenvalue weighted by molar-refractivity contribution is 6.00. The highest BCUT2D eigenvalue weighted by atomic mass is 16.6. The molecule has 0 saturated carbocycles. The molecule has 0 saturated heterocycles. The van der Waals surface area contributed by atoms with Gasteiger partial charge in [-0.3, -0.25) is 14.4 Å². The number of alkyl carbamates (subject to hydrolysis) is 1. The van der Waals surface area contributed by atoms with Crippen molar-refractivity contribution < 1.29 is 23.9 Å². The highest BCUT2D eigenvalue weighted by Gasteiger charge is 2.37. The first kappa shape index (κ1) is 29.8. The number of anilines is 1. The van der Waals surface area contributed by atoms with Crippen LogP contribution in [0.2, 0.25) is 0 Å². The SMILES string of the molecule is Cc1cccc(C(C(=O)Nc2c(C)cccc2C)N(CC#N)C(=O)C(CC(N)=O)NC(=O)OC(C)(C)C)c1. The summed E-state index contributed by atoms with van der Waals surface area (Å²) in [6, 6.07) is 11.7. The van der Waals surface area contributed by atoms with E-state index < -0.39 is 54.5 Å². The number of nitrogens with one attached hydrogen (secondary N) is 2. The van der Waals surface area contributed by atoms with Gasteiger partial charge >= 0.3 is 6.09 Å². The van der Waals surface area contributed by atoms with E-state index in [2.05, 4.69) is 10.6 Å². The number of nitrogens with zero attached hydrogens (tertiary/aromatic N) is 2. The Morgan fingerprint density at radius 1 is 1.05 bits per heavy atom. The van der Waals surface area contributed by atoms with E-state index in [1.807, 2.05) is 51.1 Å². The average molecular weight is 522 g/mol. The Hall–Kier alpha value is -4.39. The molecule has 0 heterocycles. The summed E-state index contributed by atoms with van der Waals surface area (Å²) in [4.78, 5) is 52.9. The van der Waals surface area contributed by atoms with E-state index in [1.54, 1.807) is 39.0 Å². The lowest BCUT2D eigenvalue weighted by Gasteiger charge is -2.33. The van der Waals surface area contributed by atoms with Gasteiger partial charge in [0.15, 0.2) is 0 Å². The predicted molar refractivity (Wildman–Crippen MR) is 143 cm³/mol. The quantitative estimate of drug-likeness (QED) is 0.430. The molecule has 0 fully saturated rings. The van der Waals surface area contributed by atoms with Gasteiger partial charge in [-0.1, -0.05) is 48.0 Å². The fourth-order valence-corrected chi connectivity index (χ4v) is 3.94. The van der Waals surface area contributed by atoms with Crippen LogP contribution in [0, 0.1) is 32.1 Å². The molecule has 0 aliphatic rings. The molecule has 2 aromatic rings. The summed E-state index contributed by atoms with van der Waals surface area (Å²) < 4.78 is 5.24. The van der Waals surface area contributed by atoms with Crippen molar-refractivity contribution in [2.24, 2.45) is 5.73 Å². The number of carbonyl (C=O) groups is 4. The number of primary amides is 1. The Morgan fingerprint density at radius 3 is 2.18 bits per heavy atom. The van der Waals surface area contributed by atoms with Crippen molar-refractivity contribution in [3.63, 3.8) is 0 Å². The molecule has 0 bridgehead atoms. The fraction of sp³-hybridized carbons (Fsp3) is 0.393. The Bertz CT molecular complexity index is 1220. The van der Waals surface area contributed by atoms with Gasteiger partial charge in [0.05, 0.1) is 12.5 Å². The van der Waals surface area contributed by atoms with Gasteiger partial charge in [-0.05, 0) is 58.2 Å². The number of para-hydroxylation sites is 1. The molecule has 202 valence electrons. The molecule has 2 atom stereocenters. The second-order valence-electron chi connectivity index (χ2n) is 10.1. The summed E-state index contributed by atoms with van der Waals surface area (Å²) in [5, 5.41) is 14.9. The molecule has 2 rings (SSSR count). The van der Waals surface area contributed by atoms with Gasteiger partial charge in [0.25, 0.3) is 5.91 Å². The standard InChI is InChI=1S/C28H35N5O5/c1-17-9-7-12-20(15-17)24(25(35)32-23-18(2)10-8-11-19(23)3)33(14-13-29)26(36)21(16-22(30)34)31-27(37)38-28(4,5)6/h7-12,15,21,24H,14,16H2,1-6H3,(H2,30,34)(H,31,37)(H,32,35). The van der Waals surface area contributed by atoms with Crippen LogP contribution in [0.4, 0.5) is 10.5 Å². The highest BCUT2D eigenvalue weighted by Crippen LogP contribution is 2.27. The molecule has 2 unspecified atom stereocenters. The van der Waals surface area contributed by atoms with Crippen LogP contribution in [-0.4, -0.2) is 46.9 Å². The van der Waals surface area contributed by atoms with E-state index in [0.717, 1.165) is 21.6 Å². The van der Waals surface area contributed by atoms with Crippen LogP contribution in [0.5, 0.6) is 0 Å². The van der Waals surface area contributed by atoms with Crippen LogP contribution in [0.3, 0.4) is 0 Å². The summed E-state index contributed by atoms with van der Waals surface area (Å²) in [5.74, 6) is -2.26. The van der Waals surface area contributed by atoms with Gasteiger partial charge in [-0.2, -0.15) is 5.26 Å². The summed E-state index contributed by atoms with van der Waals surface area (Å²) in [7, 11) is 0. The third kappa shape index (κ3) is 8.34. The van der Waals surface area contributed by atoms with Gasteiger partial charge in [0.1, 0.15) is 24.2 Å². The van der Waals surface area contributed by atoms with Crippen molar-refractivity contribution >= 4 is 29.5 Å². The number of hydrogen-bond donors (Lipinski definition) is 3. The molecule has 4 amide bonds. The van der Waals surface area contributed by atoms with E-state index in [-0.39, 0.29) is 0 Å². The molecular formula is C28H35N5O5. The van der Waals surface area contributed by atoms with Crippen LogP contribution in [0.1, 0.15) is 55.5 Å². The first-order valence-corrected chi connectivity index (χ1v) is 12.1. The number of carbonyl (C=O) groups excluding carboxylic acids is 4. The van der Waals surface area contributed by atoms with E-state index >= 15 is 0 Å². The maximum Gasteiger partial charge on any atom is 0.408 e. The smallest absolute Gasteiger partial charge is 0.408 e. The second-order valence-corrected chi connectivity index (χ2v) is 10.1. The van der Waals surface area contributed by atoms with E-state index in [4.69, 9.17) is 10.5 Å². The maximum absolute atomic E-state index is 13.8. The molecule has 10 heteroatoms. The van der Waals surface area contributed by atoms with Crippen LogP contribution in [0.25, 0.3) is 0 Å². The van der Waals surface area contributed by atoms with Gasteiger partial charge < -0.3 is 26.0 Å². The predicted octanol–water partition coefficient (Wildman–Crippen LogP) is 3.41. The Kier molecular flexibility index (Phi) is 9.99. The van der Waals surface area contributed by atoms with Crippen LogP contribution >= 0.6 is 0 Å². The molecular weight excluding hydrogens is 486 g/mol. The maximum atomic E-state index is 13.8. The Morgan fingerprint density at radius 2 is 1.66 bits per heavy atom. The third-order valence-corrected chi connectivity index (χ3v) is 5.57. The van der Waals surface area contributed by atoms with E-state index in [9.17, 15) is 24.4 Å². The molecule has 0 spiro atoms. The normalized spacial score (nSPS) is 12.4. The molecule has 4 N–H and O–H groups in total. The van der Waals surface area contributed by atoms with Crippen molar-refractivity contribution in [2.75, 3.05) is 11.9 Å². The number of nitrogens with two attached hydrogens (primary N) is 1. The summed E-state index contributed by atoms with van der Waals surface area (Å²) in [6.07, 6.45) is -1.50. The summed E-state index contributed by atoms with van der Waals surface area (Å²) in [6.45, 7) is 9.96. The van der Waals surface area contributed by atoms with Crippen molar-refractivity contribution in [3.05, 3.63) is 64.7 Å². The first-order chi connectivity index (χ1) is 17.7. The molecule has 38 heavy (non-hydrogen) atoms. The molecule has 0 aromatic heterocycles. The minimum atomic E-state index is -1.46. The largest absolute Gasteiger partial charge is 0.444 e. The van der Waals surface area contributed by atoms with Crippen LogP contribution in [0.15, 0.2) is 42.5 Å². The van der Waals surface area contributed by atoms with Crippen molar-refractivity contribution in [1.29, 1.82) is 5.26 Å². The number of ether oxygens (including phenoxy) is 1. The summed E-state index contributed by atoms with van der Waals surface area (Å²) >= 11 is 0. The molecule has 0 aliphatic carbocycles. The monoisotopic (exact) mass is 521 g/mol. The first-order valence-electron chi connectivity index (χ1n) is 12.1. The lowest BCUT2D eigenvalue weighted by molar-refractivity contribution is -0.141. The molecule has 10 nitrogen and oxygen atoms in total. The van der Waals surface area contributed by atoms with Crippen molar-refractivity contribution in [1.82, 2.24) is 10.2 Å². The molecule has 2 aromatic carbocycles. The minimum absolute atomic E-state index is 0.451. The van der Waals surface area contributed by atoms with Crippen molar-refractivity contribution in [3.8, 4) is 6.07 Å². The third-order valence-electron chi connectivity index (χ3n) is 5.57. The van der Waals surface area contributed by atoms with Crippen LogP contribution < -0.4 is 16.4 Å². The zero-order chi connectivity index (χ0) is 28.6. The van der Waals surface area contributed by atoms with E-state index in [0.29, 0.717) is 11.3 Å². The number of nitriles is 1. The number of hydrogen-bond acceptors (Lipinski definition) is 6. The number of aryl methyl sites for hydroxylation is 3. The van der Waals surface area contributed by atoms with Gasteiger partial charge in [0.2, 0.25) is 11.8 Å². The zero-order valence-electron chi connectivity index (χ0n) is 22.6. The zero-order valence-corrected chi connectivity index (χ0v) is 22.6. The fourth-order valence-electron chi connectivity index (χ4n) is 3.94. The lowest BCUT2D eigenvalue weighted by atomic mass is 9.99. The Balaban J connectivity index is 2.56. The topological polar surface area (TPSA) is 155 Å². The minimum Gasteiger partial charge on any atom is -0.444 e. The van der Waals surface area contributed by atoms with Crippen LogP contribution in [-0.2, 0) is 19.1 Å². The average Bonchev–Trinajstić information content (AvgIpc) is 2.79. The lowest BCUT2D eigenvalue weighted by Crippen LogP contribution is -2.53. The van der Waals surface area contributed by atoms with Gasteiger partial charge in [0, 0.05) is 5.69 Å². The number of benzene rings is 2. The van der Waals surface area contributed by atoms with Crippen molar-refractivity contribution in [2.45, 2.75) is 65.6 Å². The summed E-state index contributed by atoms with van der Waals surface area (Å²) in [5.41, 5.74) is 8.00. The van der Waals surface area contributed by atoms with E-state index in [1.165, 1.54) is 0 Å². The Labute approximate surface area is 223 Å². The molecule has 0 aliphatic heterocycles. The number of amides is 4. The molecule has 0 radical (unpaired) electrons.